The average Bonchev–Trinajstić information content (AvgIpc) is 2.97. The van der Waals surface area contributed by atoms with E-state index in [1.54, 1.807) is 0 Å². The van der Waals surface area contributed by atoms with Crippen LogP contribution in [0.15, 0.2) is 24.3 Å². The zero-order valence-electron chi connectivity index (χ0n) is 12.2. The van der Waals surface area contributed by atoms with Crippen LogP contribution < -0.4 is 9.46 Å². The molecular weight excluding hydrogens is 326 g/mol. The lowest BCUT2D eigenvalue weighted by atomic mass is 10.2. The van der Waals surface area contributed by atoms with Crippen molar-refractivity contribution in [2.24, 2.45) is 5.92 Å². The molecule has 8 nitrogen and oxygen atoms in total. The smallest absolute Gasteiger partial charge is 0.341 e. The fraction of sp³-hybridized carbons (Fsp3) is 0.429. The average molecular weight is 343 g/mol. The molecule has 1 saturated heterocycles. The molecule has 0 bridgehead atoms. The maximum atomic E-state index is 12.0. The standard InChI is InChI=1S/C14H17NO7S/c16-13(17)8-22-12-3-1-11(2-4-12)14(18)15-23(19,20)9-10-5-6-21-7-10/h1-4,10H,5-9H2,(H,15,18)(H,16,17). The molecular formula is C14H17NO7S. The van der Waals surface area contributed by atoms with Gasteiger partial charge in [0.05, 0.1) is 12.4 Å². The molecule has 1 unspecified atom stereocenters. The predicted molar refractivity (Wildman–Crippen MR) is 79.8 cm³/mol. The highest BCUT2D eigenvalue weighted by Gasteiger charge is 2.24. The van der Waals surface area contributed by atoms with Crippen molar-refractivity contribution in [1.82, 2.24) is 4.72 Å². The Hall–Kier alpha value is -2.13. The number of carboxylic acids is 1. The molecule has 1 amide bonds. The summed E-state index contributed by atoms with van der Waals surface area (Å²) in [4.78, 5) is 22.3. The number of nitrogens with one attached hydrogen (secondary N) is 1. The molecule has 0 aliphatic carbocycles. The minimum atomic E-state index is -3.73. The number of carboxylic acid groups (broad SMARTS) is 1. The van der Waals surface area contributed by atoms with Gasteiger partial charge in [-0.25, -0.2) is 17.9 Å². The van der Waals surface area contributed by atoms with E-state index in [1.165, 1.54) is 24.3 Å². The number of amides is 1. The zero-order chi connectivity index (χ0) is 16.9. The van der Waals surface area contributed by atoms with Gasteiger partial charge in [-0.3, -0.25) is 4.79 Å². The van der Waals surface area contributed by atoms with Gasteiger partial charge in [-0.15, -0.1) is 0 Å². The lowest BCUT2D eigenvalue weighted by molar-refractivity contribution is -0.139. The highest BCUT2D eigenvalue weighted by molar-refractivity contribution is 7.90. The molecule has 1 fully saturated rings. The minimum Gasteiger partial charge on any atom is -0.482 e. The van der Waals surface area contributed by atoms with Gasteiger partial charge >= 0.3 is 5.97 Å². The molecule has 23 heavy (non-hydrogen) atoms. The molecule has 9 heteroatoms. The van der Waals surface area contributed by atoms with Crippen LogP contribution in [0.3, 0.4) is 0 Å². The van der Waals surface area contributed by atoms with Crippen molar-refractivity contribution in [2.75, 3.05) is 25.6 Å². The van der Waals surface area contributed by atoms with E-state index >= 15 is 0 Å². The first kappa shape index (κ1) is 17.2. The van der Waals surface area contributed by atoms with Gasteiger partial charge in [-0.05, 0) is 30.7 Å². The normalized spacial score (nSPS) is 17.7. The fourth-order valence-corrected chi connectivity index (χ4v) is 3.48. The second-order valence-corrected chi connectivity index (χ2v) is 6.92. The van der Waals surface area contributed by atoms with E-state index in [9.17, 15) is 18.0 Å². The lowest BCUT2D eigenvalue weighted by Gasteiger charge is -2.10. The SMILES string of the molecule is O=C(O)COc1ccc(C(=O)NS(=O)(=O)CC2CCOC2)cc1. The van der Waals surface area contributed by atoms with Crippen molar-refractivity contribution < 1.29 is 32.6 Å². The molecule has 1 aromatic rings. The van der Waals surface area contributed by atoms with Crippen molar-refractivity contribution in [3.05, 3.63) is 29.8 Å². The van der Waals surface area contributed by atoms with Gasteiger partial charge in [0.2, 0.25) is 10.0 Å². The zero-order valence-corrected chi connectivity index (χ0v) is 13.0. The number of hydrogen-bond donors (Lipinski definition) is 2. The first-order valence-electron chi connectivity index (χ1n) is 6.93. The maximum absolute atomic E-state index is 12.0. The first-order valence-corrected chi connectivity index (χ1v) is 8.58. The largest absolute Gasteiger partial charge is 0.482 e. The Bertz CT molecular complexity index is 663. The van der Waals surface area contributed by atoms with E-state index in [4.69, 9.17) is 14.6 Å². The highest BCUT2D eigenvalue weighted by atomic mass is 32.2. The Labute approximate surface area is 133 Å². The number of sulfonamides is 1. The Kier molecular flexibility index (Phi) is 5.56. The third kappa shape index (κ3) is 5.53. The van der Waals surface area contributed by atoms with Crippen molar-refractivity contribution in [1.29, 1.82) is 0 Å². The van der Waals surface area contributed by atoms with Gasteiger partial charge < -0.3 is 14.6 Å². The number of benzene rings is 1. The van der Waals surface area contributed by atoms with Crippen LogP contribution in [0.2, 0.25) is 0 Å². The van der Waals surface area contributed by atoms with Crippen LogP contribution in [0, 0.1) is 5.92 Å². The molecule has 1 heterocycles. The Morgan fingerprint density at radius 3 is 2.57 bits per heavy atom. The predicted octanol–water partition coefficient (Wildman–Crippen LogP) is 0.246. The van der Waals surface area contributed by atoms with E-state index in [0.29, 0.717) is 19.6 Å². The highest BCUT2D eigenvalue weighted by Crippen LogP contribution is 2.15. The molecule has 0 radical (unpaired) electrons. The molecule has 0 saturated carbocycles. The quantitative estimate of drug-likeness (QED) is 0.728. The van der Waals surface area contributed by atoms with E-state index in [2.05, 4.69) is 0 Å². The summed E-state index contributed by atoms with van der Waals surface area (Å²) < 4.78 is 35.9. The van der Waals surface area contributed by atoms with Crippen molar-refractivity contribution in [3.8, 4) is 5.75 Å². The van der Waals surface area contributed by atoms with Gasteiger partial charge in [0.1, 0.15) is 5.75 Å². The van der Waals surface area contributed by atoms with E-state index in [1.807, 2.05) is 4.72 Å². The summed E-state index contributed by atoms with van der Waals surface area (Å²) >= 11 is 0. The van der Waals surface area contributed by atoms with Crippen LogP contribution in [-0.2, 0) is 19.6 Å². The van der Waals surface area contributed by atoms with Crippen molar-refractivity contribution in [2.45, 2.75) is 6.42 Å². The summed E-state index contributed by atoms with van der Waals surface area (Å²) in [5, 5.41) is 8.50. The van der Waals surface area contributed by atoms with E-state index in [0.717, 1.165) is 0 Å². The summed E-state index contributed by atoms with van der Waals surface area (Å²) in [7, 11) is -3.73. The molecule has 126 valence electrons. The molecule has 0 aromatic heterocycles. The second-order valence-electron chi connectivity index (χ2n) is 5.15. The van der Waals surface area contributed by atoms with Crippen LogP contribution >= 0.6 is 0 Å². The molecule has 2 N–H and O–H groups in total. The first-order chi connectivity index (χ1) is 10.9. The molecule has 2 rings (SSSR count). The third-order valence-electron chi connectivity index (χ3n) is 3.21. The van der Waals surface area contributed by atoms with Crippen LogP contribution in [0.4, 0.5) is 0 Å². The summed E-state index contributed by atoms with van der Waals surface area (Å²) in [6.45, 7) is 0.417. The van der Waals surface area contributed by atoms with Gasteiger partial charge in [-0.2, -0.15) is 0 Å². The van der Waals surface area contributed by atoms with Crippen molar-refractivity contribution >= 4 is 21.9 Å². The Morgan fingerprint density at radius 2 is 2.00 bits per heavy atom. The Morgan fingerprint density at radius 1 is 1.30 bits per heavy atom. The van der Waals surface area contributed by atoms with E-state index in [-0.39, 0.29) is 23.0 Å². The van der Waals surface area contributed by atoms with Gasteiger partial charge in [0.15, 0.2) is 6.61 Å². The lowest BCUT2D eigenvalue weighted by Crippen LogP contribution is -2.35. The monoisotopic (exact) mass is 343 g/mol. The summed E-state index contributed by atoms with van der Waals surface area (Å²) in [5.74, 6) is -1.84. The fourth-order valence-electron chi connectivity index (χ4n) is 2.11. The van der Waals surface area contributed by atoms with Gasteiger partial charge in [0, 0.05) is 18.1 Å². The summed E-state index contributed by atoms with van der Waals surface area (Å²) in [6.07, 6.45) is 0.657. The second kappa shape index (κ2) is 7.42. The molecule has 1 atom stereocenters. The third-order valence-corrected chi connectivity index (χ3v) is 4.61. The minimum absolute atomic E-state index is 0.105. The maximum Gasteiger partial charge on any atom is 0.341 e. The molecule has 1 aliphatic heterocycles. The number of aliphatic carboxylic acids is 1. The molecule has 1 aliphatic rings. The number of carbonyl (C=O) groups excluding carboxylic acids is 1. The summed E-state index contributed by atoms with van der Waals surface area (Å²) in [5.41, 5.74) is 0.138. The molecule has 1 aromatic carbocycles. The van der Waals surface area contributed by atoms with E-state index < -0.39 is 28.5 Å². The van der Waals surface area contributed by atoms with Gasteiger partial charge in [-0.1, -0.05) is 0 Å². The number of rotatable bonds is 7. The number of carbonyl (C=O) groups is 2. The number of hydrogen-bond acceptors (Lipinski definition) is 6. The van der Waals surface area contributed by atoms with Crippen LogP contribution in [0.25, 0.3) is 0 Å². The summed E-state index contributed by atoms with van der Waals surface area (Å²) in [6, 6.07) is 5.52. The van der Waals surface area contributed by atoms with Crippen LogP contribution in [-0.4, -0.2) is 51.0 Å². The topological polar surface area (TPSA) is 119 Å². The van der Waals surface area contributed by atoms with Crippen LogP contribution in [0.5, 0.6) is 5.75 Å². The Balaban J connectivity index is 1.92. The van der Waals surface area contributed by atoms with Gasteiger partial charge in [0.25, 0.3) is 5.91 Å². The molecule has 0 spiro atoms. The van der Waals surface area contributed by atoms with Crippen molar-refractivity contribution in [3.63, 3.8) is 0 Å². The number of ether oxygens (including phenoxy) is 2. The van der Waals surface area contributed by atoms with Crippen LogP contribution in [0.1, 0.15) is 16.8 Å².